The molecule has 1 aromatic rings. The number of aliphatic hydroxyl groups is 1. The van der Waals surface area contributed by atoms with Gasteiger partial charge < -0.3 is 10.4 Å². The zero-order valence-electron chi connectivity index (χ0n) is 11.9. The molecule has 2 rings (SSSR count). The third-order valence-electron chi connectivity index (χ3n) is 3.62. The molecule has 0 spiro atoms. The molecule has 1 aromatic heterocycles. The summed E-state index contributed by atoms with van der Waals surface area (Å²) in [5, 5.41) is 12.4. The quantitative estimate of drug-likeness (QED) is 0.830. The van der Waals surface area contributed by atoms with E-state index in [0.29, 0.717) is 12.2 Å². The van der Waals surface area contributed by atoms with E-state index in [2.05, 4.69) is 23.3 Å². The Morgan fingerprint density at radius 2 is 2.30 bits per heavy atom. The number of nitrogens with one attached hydrogen (secondary N) is 1. The predicted molar refractivity (Wildman–Crippen MR) is 79.4 cm³/mol. The third kappa shape index (κ3) is 4.46. The van der Waals surface area contributed by atoms with Gasteiger partial charge in [0.15, 0.2) is 0 Å². The zero-order valence-corrected chi connectivity index (χ0v) is 11.9. The van der Waals surface area contributed by atoms with Crippen LogP contribution in [0.25, 0.3) is 0 Å². The molecule has 0 aromatic carbocycles. The maximum atomic E-state index is 12.0. The van der Waals surface area contributed by atoms with Crippen molar-refractivity contribution in [1.29, 1.82) is 0 Å². The average molecular weight is 274 g/mol. The number of anilines is 1. The van der Waals surface area contributed by atoms with Gasteiger partial charge in [0.1, 0.15) is 5.82 Å². The monoisotopic (exact) mass is 274 g/mol. The first kappa shape index (κ1) is 14.7. The Bertz CT molecular complexity index is 480. The van der Waals surface area contributed by atoms with Crippen molar-refractivity contribution in [2.24, 2.45) is 0 Å². The number of hydrogen-bond donors (Lipinski definition) is 2. The minimum absolute atomic E-state index is 0.0376. The van der Waals surface area contributed by atoms with E-state index in [0.717, 1.165) is 43.2 Å². The molecule has 108 valence electrons. The van der Waals surface area contributed by atoms with E-state index in [1.54, 1.807) is 6.20 Å². The van der Waals surface area contributed by atoms with Gasteiger partial charge in [0.2, 0.25) is 5.91 Å². The van der Waals surface area contributed by atoms with Crippen LogP contribution in [0, 0.1) is 0 Å². The Morgan fingerprint density at radius 3 is 3.00 bits per heavy atom. The van der Waals surface area contributed by atoms with Gasteiger partial charge in [-0.25, -0.2) is 4.98 Å². The number of amides is 1. The molecule has 0 saturated carbocycles. The number of aliphatic hydroxyl groups excluding tert-OH is 1. The second-order valence-corrected chi connectivity index (χ2v) is 5.26. The van der Waals surface area contributed by atoms with Crippen LogP contribution in [0.3, 0.4) is 0 Å². The molecule has 1 unspecified atom stereocenters. The standard InChI is InChI=1S/C16H22N2O2/c1-2-12-7-9-15(17-11-12)18-16(20)10-13-4-3-5-14(19)8-6-13/h4,7,9,11,14,19H,2-3,5-6,8,10H2,1H3,(H,17,18,20). The van der Waals surface area contributed by atoms with Crippen molar-refractivity contribution in [3.63, 3.8) is 0 Å². The predicted octanol–water partition coefficient (Wildman–Crippen LogP) is 2.83. The van der Waals surface area contributed by atoms with Gasteiger partial charge in [0.05, 0.1) is 6.10 Å². The fourth-order valence-corrected chi connectivity index (χ4v) is 2.34. The lowest BCUT2D eigenvalue weighted by Crippen LogP contribution is -2.13. The summed E-state index contributed by atoms with van der Waals surface area (Å²) in [7, 11) is 0. The smallest absolute Gasteiger partial charge is 0.229 e. The summed E-state index contributed by atoms with van der Waals surface area (Å²) in [6.07, 6.45) is 8.19. The fourth-order valence-electron chi connectivity index (χ4n) is 2.34. The Labute approximate surface area is 119 Å². The molecular formula is C16H22N2O2. The van der Waals surface area contributed by atoms with E-state index in [-0.39, 0.29) is 12.0 Å². The molecule has 0 radical (unpaired) electrons. The van der Waals surface area contributed by atoms with Crippen molar-refractivity contribution in [2.45, 2.75) is 51.6 Å². The molecule has 1 atom stereocenters. The molecule has 0 bridgehead atoms. The number of pyridine rings is 1. The number of allylic oxidation sites excluding steroid dienone is 1. The van der Waals surface area contributed by atoms with E-state index >= 15 is 0 Å². The second kappa shape index (κ2) is 7.20. The SMILES string of the molecule is CCc1ccc(NC(=O)CC2=CCCC(O)CC2)nc1. The fraction of sp³-hybridized carbons (Fsp3) is 0.500. The first-order valence-electron chi connectivity index (χ1n) is 7.28. The molecule has 4 nitrogen and oxygen atoms in total. The van der Waals surface area contributed by atoms with Crippen molar-refractivity contribution >= 4 is 11.7 Å². The van der Waals surface area contributed by atoms with Crippen LogP contribution in [0.1, 0.15) is 44.6 Å². The molecule has 0 aliphatic heterocycles. The number of aryl methyl sites for hydroxylation is 1. The third-order valence-corrected chi connectivity index (χ3v) is 3.62. The van der Waals surface area contributed by atoms with Gasteiger partial charge in [-0.05, 0) is 43.7 Å². The summed E-state index contributed by atoms with van der Waals surface area (Å²) in [6, 6.07) is 3.81. The Kier molecular flexibility index (Phi) is 5.30. The van der Waals surface area contributed by atoms with E-state index < -0.39 is 0 Å². The van der Waals surface area contributed by atoms with Crippen molar-refractivity contribution < 1.29 is 9.90 Å². The first-order valence-corrected chi connectivity index (χ1v) is 7.28. The van der Waals surface area contributed by atoms with Crippen LogP contribution in [0.4, 0.5) is 5.82 Å². The summed E-state index contributed by atoms with van der Waals surface area (Å²) >= 11 is 0. The molecule has 1 aliphatic rings. The normalized spacial score (nSPS) is 19.1. The molecular weight excluding hydrogens is 252 g/mol. The average Bonchev–Trinajstić information content (AvgIpc) is 2.64. The number of nitrogens with zero attached hydrogens (tertiary/aromatic N) is 1. The lowest BCUT2D eigenvalue weighted by Gasteiger charge is -2.08. The summed E-state index contributed by atoms with van der Waals surface area (Å²) in [5.74, 6) is 0.561. The molecule has 1 aliphatic carbocycles. The highest BCUT2D eigenvalue weighted by Crippen LogP contribution is 2.20. The number of aromatic nitrogens is 1. The summed E-state index contributed by atoms with van der Waals surface area (Å²) < 4.78 is 0. The van der Waals surface area contributed by atoms with Crippen LogP contribution in [-0.2, 0) is 11.2 Å². The van der Waals surface area contributed by atoms with Crippen molar-refractivity contribution in [3.8, 4) is 0 Å². The van der Waals surface area contributed by atoms with E-state index in [1.165, 1.54) is 0 Å². The molecule has 0 saturated heterocycles. The van der Waals surface area contributed by atoms with Gasteiger partial charge in [-0.1, -0.05) is 24.6 Å². The maximum absolute atomic E-state index is 12.0. The zero-order chi connectivity index (χ0) is 14.4. The van der Waals surface area contributed by atoms with E-state index in [1.807, 2.05) is 12.1 Å². The minimum atomic E-state index is -0.227. The lowest BCUT2D eigenvalue weighted by molar-refractivity contribution is -0.115. The summed E-state index contributed by atoms with van der Waals surface area (Å²) in [4.78, 5) is 16.2. The van der Waals surface area contributed by atoms with Gasteiger partial charge in [-0.2, -0.15) is 0 Å². The Morgan fingerprint density at radius 1 is 1.45 bits per heavy atom. The largest absolute Gasteiger partial charge is 0.393 e. The van der Waals surface area contributed by atoms with E-state index in [4.69, 9.17) is 0 Å². The van der Waals surface area contributed by atoms with Crippen LogP contribution in [0.15, 0.2) is 30.0 Å². The van der Waals surface area contributed by atoms with Crippen LogP contribution < -0.4 is 5.32 Å². The number of carbonyl (C=O) groups is 1. The Hall–Kier alpha value is -1.68. The van der Waals surface area contributed by atoms with Crippen molar-refractivity contribution in [3.05, 3.63) is 35.5 Å². The molecule has 1 heterocycles. The topological polar surface area (TPSA) is 62.2 Å². The van der Waals surface area contributed by atoms with Crippen molar-refractivity contribution in [2.75, 3.05) is 5.32 Å². The second-order valence-electron chi connectivity index (χ2n) is 5.26. The van der Waals surface area contributed by atoms with Gasteiger partial charge in [0.25, 0.3) is 0 Å². The van der Waals surface area contributed by atoms with Gasteiger partial charge in [-0.3, -0.25) is 4.79 Å². The highest BCUT2D eigenvalue weighted by atomic mass is 16.3. The summed E-state index contributed by atoms with van der Waals surface area (Å²) in [5.41, 5.74) is 2.27. The maximum Gasteiger partial charge on any atom is 0.229 e. The first-order chi connectivity index (χ1) is 9.67. The van der Waals surface area contributed by atoms with Crippen LogP contribution in [0.2, 0.25) is 0 Å². The van der Waals surface area contributed by atoms with Gasteiger partial charge >= 0.3 is 0 Å². The molecule has 2 N–H and O–H groups in total. The summed E-state index contributed by atoms with van der Waals surface area (Å²) in [6.45, 7) is 2.07. The van der Waals surface area contributed by atoms with Crippen LogP contribution in [-0.4, -0.2) is 22.1 Å². The number of hydrogen-bond acceptors (Lipinski definition) is 3. The molecule has 1 amide bonds. The number of rotatable bonds is 4. The highest BCUT2D eigenvalue weighted by molar-refractivity contribution is 5.91. The van der Waals surface area contributed by atoms with Crippen LogP contribution in [0.5, 0.6) is 0 Å². The molecule has 0 fully saturated rings. The number of carbonyl (C=O) groups excluding carboxylic acids is 1. The lowest BCUT2D eigenvalue weighted by atomic mass is 10.1. The van der Waals surface area contributed by atoms with Crippen molar-refractivity contribution in [1.82, 2.24) is 4.98 Å². The highest BCUT2D eigenvalue weighted by Gasteiger charge is 2.13. The molecule has 4 heteroatoms. The minimum Gasteiger partial charge on any atom is -0.393 e. The van der Waals surface area contributed by atoms with Gasteiger partial charge in [-0.15, -0.1) is 0 Å². The van der Waals surface area contributed by atoms with Gasteiger partial charge in [0, 0.05) is 12.6 Å². The Balaban J connectivity index is 1.86. The van der Waals surface area contributed by atoms with E-state index in [9.17, 15) is 9.90 Å². The molecule has 20 heavy (non-hydrogen) atoms. The van der Waals surface area contributed by atoms with Crippen LogP contribution >= 0.6 is 0 Å².